The fraction of sp³-hybridized carbons (Fsp3) is 0.364. The molecule has 1 fully saturated rings. The largest absolute Gasteiger partial charge is 0.474 e. The van der Waals surface area contributed by atoms with Crippen LogP contribution < -0.4 is 4.74 Å². The van der Waals surface area contributed by atoms with Crippen LogP contribution in [0.1, 0.15) is 20.8 Å². The summed E-state index contributed by atoms with van der Waals surface area (Å²) in [6, 6.07) is 9.02. The Bertz CT molecular complexity index is 987. The van der Waals surface area contributed by atoms with Crippen molar-refractivity contribution in [1.82, 2.24) is 4.98 Å². The van der Waals surface area contributed by atoms with Gasteiger partial charge in [0.15, 0.2) is 23.7 Å². The van der Waals surface area contributed by atoms with E-state index >= 15 is 0 Å². The van der Waals surface area contributed by atoms with Gasteiger partial charge >= 0.3 is 17.9 Å². The Labute approximate surface area is 194 Å². The van der Waals surface area contributed by atoms with Gasteiger partial charge in [-0.25, -0.2) is 0 Å². The van der Waals surface area contributed by atoms with E-state index in [1.807, 2.05) is 18.2 Å². The normalized spacial score (nSPS) is 22.5. The summed E-state index contributed by atoms with van der Waals surface area (Å²) in [5.74, 6) is -1.11. The molecule has 170 valence electrons. The molecule has 0 unspecified atom stereocenters. The zero-order valence-corrected chi connectivity index (χ0v) is 19.2. The van der Waals surface area contributed by atoms with E-state index in [1.54, 1.807) is 24.5 Å². The number of nitrogens with zero attached hydrogens (tertiary/aromatic N) is 1. The van der Waals surface area contributed by atoms with E-state index in [0.29, 0.717) is 10.8 Å². The second kappa shape index (κ2) is 10.7. The number of benzene rings is 1. The van der Waals surface area contributed by atoms with E-state index in [0.717, 1.165) is 11.1 Å². The smallest absolute Gasteiger partial charge is 0.303 e. The molecule has 2 aromatic rings. The molecule has 0 N–H and O–H groups in total. The summed E-state index contributed by atoms with van der Waals surface area (Å²) in [5, 5.41) is 0.358. The van der Waals surface area contributed by atoms with Crippen LogP contribution in [-0.4, -0.2) is 52.4 Å². The van der Waals surface area contributed by atoms with Gasteiger partial charge in [-0.1, -0.05) is 17.7 Å². The van der Waals surface area contributed by atoms with Gasteiger partial charge < -0.3 is 18.9 Å². The van der Waals surface area contributed by atoms with E-state index in [4.69, 9.17) is 30.5 Å². The standard InChI is InChI=1S/C22H22ClNO7S/c1-12(25)28-19-11-32-22(21(30-14(3)27)20(19)29-13(2)26)31-18-10-16(4-5-17(18)23)15-6-8-24-9-7-15/h4-10,19-22H,11H2,1-3H3/t19-,20+,21-,22-/m1/s1. The van der Waals surface area contributed by atoms with E-state index in [2.05, 4.69) is 4.98 Å². The Hall–Kier alpha value is -2.78. The van der Waals surface area contributed by atoms with Gasteiger partial charge in [-0.2, -0.15) is 0 Å². The zero-order chi connectivity index (χ0) is 23.3. The number of carbonyl (C=O) groups excluding carboxylic acids is 3. The maximum atomic E-state index is 11.8. The molecule has 1 aromatic carbocycles. The average molecular weight is 480 g/mol. The van der Waals surface area contributed by atoms with Crippen LogP contribution in [0.2, 0.25) is 5.02 Å². The maximum absolute atomic E-state index is 11.8. The Balaban J connectivity index is 1.91. The first-order valence-corrected chi connectivity index (χ1v) is 11.2. The number of halogens is 1. The molecule has 1 aliphatic heterocycles. The monoisotopic (exact) mass is 479 g/mol. The molecule has 3 rings (SSSR count). The molecule has 8 nitrogen and oxygen atoms in total. The molecule has 0 spiro atoms. The van der Waals surface area contributed by atoms with Crippen LogP contribution in [0.25, 0.3) is 11.1 Å². The molecule has 1 aromatic heterocycles. The molecule has 0 saturated carbocycles. The van der Waals surface area contributed by atoms with Gasteiger partial charge in [0.05, 0.1) is 5.02 Å². The van der Waals surface area contributed by atoms with Crippen molar-refractivity contribution in [1.29, 1.82) is 0 Å². The maximum Gasteiger partial charge on any atom is 0.303 e. The van der Waals surface area contributed by atoms with E-state index < -0.39 is 41.7 Å². The lowest BCUT2D eigenvalue weighted by Crippen LogP contribution is -2.55. The predicted octanol–water partition coefficient (Wildman–Crippen LogP) is 3.65. The first kappa shape index (κ1) is 23.9. The summed E-state index contributed by atoms with van der Waals surface area (Å²) in [6.45, 7) is 3.71. The molecule has 2 heterocycles. The molecule has 0 amide bonds. The third kappa shape index (κ3) is 6.14. The highest BCUT2D eigenvalue weighted by molar-refractivity contribution is 7.99. The molecule has 4 atom stereocenters. The van der Waals surface area contributed by atoms with Gasteiger partial charge in [-0.05, 0) is 35.4 Å². The second-order valence-corrected chi connectivity index (χ2v) is 8.54. The Morgan fingerprint density at radius 3 is 2.16 bits per heavy atom. The topological polar surface area (TPSA) is 101 Å². The summed E-state index contributed by atoms with van der Waals surface area (Å²) in [7, 11) is 0. The minimum atomic E-state index is -1.03. The van der Waals surface area contributed by atoms with Crippen molar-refractivity contribution in [2.24, 2.45) is 0 Å². The number of ether oxygens (including phenoxy) is 4. The summed E-state index contributed by atoms with van der Waals surface area (Å²) in [4.78, 5) is 39.1. The van der Waals surface area contributed by atoms with Gasteiger partial charge in [-0.3, -0.25) is 19.4 Å². The van der Waals surface area contributed by atoms with Crippen molar-refractivity contribution >= 4 is 41.3 Å². The number of esters is 3. The lowest BCUT2D eigenvalue weighted by atomic mass is 10.1. The molecule has 1 saturated heterocycles. The van der Waals surface area contributed by atoms with Gasteiger partial charge in [0.2, 0.25) is 0 Å². The van der Waals surface area contributed by atoms with E-state index in [9.17, 15) is 14.4 Å². The van der Waals surface area contributed by atoms with Crippen LogP contribution in [0.4, 0.5) is 0 Å². The summed E-state index contributed by atoms with van der Waals surface area (Å²) >= 11 is 7.63. The highest BCUT2D eigenvalue weighted by Crippen LogP contribution is 2.37. The van der Waals surface area contributed by atoms with Crippen molar-refractivity contribution in [3.8, 4) is 16.9 Å². The summed E-state index contributed by atoms with van der Waals surface area (Å²) in [5.41, 5.74) is 1.01. The van der Waals surface area contributed by atoms with Gasteiger partial charge in [-0.15, -0.1) is 11.8 Å². The Morgan fingerprint density at radius 1 is 0.906 bits per heavy atom. The van der Waals surface area contributed by atoms with Crippen LogP contribution in [0, 0.1) is 0 Å². The fourth-order valence-corrected chi connectivity index (χ4v) is 4.62. The molecule has 0 radical (unpaired) electrons. The van der Waals surface area contributed by atoms with Crippen molar-refractivity contribution in [3.05, 3.63) is 47.7 Å². The lowest BCUT2D eigenvalue weighted by molar-refractivity contribution is -0.186. The first-order chi connectivity index (χ1) is 15.2. The van der Waals surface area contributed by atoms with Crippen molar-refractivity contribution in [2.45, 2.75) is 44.5 Å². The van der Waals surface area contributed by atoms with Crippen LogP contribution >= 0.6 is 23.4 Å². The summed E-state index contributed by atoms with van der Waals surface area (Å²) < 4.78 is 22.3. The van der Waals surface area contributed by atoms with Crippen molar-refractivity contribution in [3.63, 3.8) is 0 Å². The van der Waals surface area contributed by atoms with Crippen molar-refractivity contribution in [2.75, 3.05) is 5.75 Å². The molecular formula is C22H22ClNO7S. The molecule has 0 aliphatic carbocycles. The SMILES string of the molecule is CC(=O)O[C@@H]1[C@@H](OC(C)=O)[C@H](OC(C)=O)CS[C@H]1Oc1cc(-c2ccncc2)ccc1Cl. The minimum Gasteiger partial charge on any atom is -0.474 e. The van der Waals surface area contributed by atoms with Gasteiger partial charge in [0.25, 0.3) is 0 Å². The number of hydrogen-bond acceptors (Lipinski definition) is 9. The average Bonchev–Trinajstić information content (AvgIpc) is 2.73. The zero-order valence-electron chi connectivity index (χ0n) is 17.6. The lowest BCUT2D eigenvalue weighted by Gasteiger charge is -2.40. The first-order valence-electron chi connectivity index (χ1n) is 9.74. The number of pyridine rings is 1. The van der Waals surface area contributed by atoms with E-state index in [-0.39, 0.29) is 5.75 Å². The molecule has 1 aliphatic rings. The fourth-order valence-electron chi connectivity index (χ4n) is 3.25. The van der Waals surface area contributed by atoms with Gasteiger partial charge in [0, 0.05) is 38.9 Å². The Morgan fingerprint density at radius 2 is 1.53 bits per heavy atom. The number of aromatic nitrogens is 1. The predicted molar refractivity (Wildman–Crippen MR) is 118 cm³/mol. The van der Waals surface area contributed by atoms with Crippen molar-refractivity contribution < 1.29 is 33.3 Å². The summed E-state index contributed by atoms with van der Waals surface area (Å²) in [6.07, 6.45) is 0.492. The third-order valence-corrected chi connectivity index (χ3v) is 6.02. The minimum absolute atomic E-state index is 0.265. The Kier molecular flexibility index (Phi) is 7.98. The molecule has 10 heteroatoms. The van der Waals surface area contributed by atoms with Crippen LogP contribution in [0.15, 0.2) is 42.7 Å². The molecule has 0 bridgehead atoms. The molecule has 32 heavy (non-hydrogen) atoms. The van der Waals surface area contributed by atoms with Crippen LogP contribution in [-0.2, 0) is 28.6 Å². The second-order valence-electron chi connectivity index (χ2n) is 7.00. The number of rotatable bonds is 6. The van der Waals surface area contributed by atoms with E-state index in [1.165, 1.54) is 32.5 Å². The van der Waals surface area contributed by atoms with Gasteiger partial charge in [0.1, 0.15) is 5.75 Å². The molecular weight excluding hydrogens is 458 g/mol. The third-order valence-electron chi connectivity index (χ3n) is 4.49. The quantitative estimate of drug-likeness (QED) is 0.453. The number of thioether (sulfide) groups is 1. The number of carbonyl (C=O) groups is 3. The highest BCUT2D eigenvalue weighted by Gasteiger charge is 2.47. The van der Waals surface area contributed by atoms with Crippen LogP contribution in [0.5, 0.6) is 5.75 Å². The highest BCUT2D eigenvalue weighted by atomic mass is 35.5. The number of hydrogen-bond donors (Lipinski definition) is 0. The van der Waals surface area contributed by atoms with Crippen LogP contribution in [0.3, 0.4) is 0 Å².